The third-order valence-corrected chi connectivity index (χ3v) is 1.74. The smallest absolute Gasteiger partial charge is 0.284 e. The molecule has 0 saturated carbocycles. The predicted molar refractivity (Wildman–Crippen MR) is 37.7 cm³/mol. The number of nitrogens with zero attached hydrogens (tertiary/aromatic N) is 1. The van der Waals surface area contributed by atoms with E-state index in [4.69, 9.17) is 10.2 Å². The summed E-state index contributed by atoms with van der Waals surface area (Å²) >= 11 is 0. The molecule has 0 aliphatic carbocycles. The van der Waals surface area contributed by atoms with Crippen LogP contribution in [0.3, 0.4) is 0 Å². The summed E-state index contributed by atoms with van der Waals surface area (Å²) < 4.78 is 0. The van der Waals surface area contributed by atoms with E-state index in [0.717, 1.165) is 0 Å². The number of rotatable bonds is 2. The van der Waals surface area contributed by atoms with Crippen LogP contribution in [0.1, 0.15) is 0 Å². The molecule has 0 atom stereocenters. The van der Waals surface area contributed by atoms with E-state index in [9.17, 15) is 4.79 Å². The van der Waals surface area contributed by atoms with Crippen molar-refractivity contribution in [2.45, 2.75) is 5.91 Å². The Bertz CT molecular complexity index is 143. The van der Waals surface area contributed by atoms with Crippen LogP contribution >= 0.6 is 0 Å². The van der Waals surface area contributed by atoms with Crippen LogP contribution in [0.4, 0.5) is 0 Å². The normalized spacial score (nSPS) is 21.6. The lowest BCUT2D eigenvalue weighted by Gasteiger charge is -2.33. The minimum Gasteiger partial charge on any atom is -0.347 e. The summed E-state index contributed by atoms with van der Waals surface area (Å²) in [6.07, 6.45) is 0.137. The van der Waals surface area contributed by atoms with Crippen LogP contribution < -0.4 is 5.32 Å². The van der Waals surface area contributed by atoms with Crippen LogP contribution in [0.2, 0.25) is 0 Å². The van der Waals surface area contributed by atoms with E-state index < -0.39 is 5.91 Å². The summed E-state index contributed by atoms with van der Waals surface area (Å²) in [5, 5.41) is 21.1. The van der Waals surface area contributed by atoms with Gasteiger partial charge in [-0.05, 0) is 0 Å². The van der Waals surface area contributed by atoms with Crippen molar-refractivity contribution in [3.63, 3.8) is 0 Å². The molecule has 1 aliphatic heterocycles. The molecule has 5 nitrogen and oxygen atoms in total. The lowest BCUT2D eigenvalue weighted by molar-refractivity contribution is -0.239. The fourth-order valence-electron chi connectivity index (χ4n) is 1.07. The Hall–Kier alpha value is -0.490. The lowest BCUT2D eigenvalue weighted by atomic mass is 10.3. The predicted octanol–water partition coefficient (Wildman–Crippen LogP) is -2.27. The Labute approximate surface area is 64.6 Å². The van der Waals surface area contributed by atoms with Crippen LogP contribution in [-0.2, 0) is 4.79 Å². The van der Waals surface area contributed by atoms with E-state index in [1.54, 1.807) is 0 Å². The van der Waals surface area contributed by atoms with Crippen LogP contribution in [0.15, 0.2) is 0 Å². The molecule has 1 saturated heterocycles. The third-order valence-electron chi connectivity index (χ3n) is 1.74. The highest BCUT2D eigenvalue weighted by Gasteiger charge is 2.31. The number of hydrogen-bond donors (Lipinski definition) is 3. The average Bonchev–Trinajstić information content (AvgIpc) is 2.06. The van der Waals surface area contributed by atoms with Crippen molar-refractivity contribution in [1.82, 2.24) is 10.2 Å². The van der Waals surface area contributed by atoms with Crippen molar-refractivity contribution in [3.8, 4) is 0 Å². The van der Waals surface area contributed by atoms with Crippen molar-refractivity contribution in [3.05, 3.63) is 0 Å². The molecule has 0 aromatic rings. The van der Waals surface area contributed by atoms with Crippen LogP contribution in [-0.4, -0.2) is 53.5 Å². The summed E-state index contributed by atoms with van der Waals surface area (Å²) in [7, 11) is 0. The van der Waals surface area contributed by atoms with Gasteiger partial charge in [0.05, 0.1) is 0 Å². The van der Waals surface area contributed by atoms with Crippen molar-refractivity contribution in [1.29, 1.82) is 0 Å². The molecule has 11 heavy (non-hydrogen) atoms. The van der Waals surface area contributed by atoms with Crippen LogP contribution in [0, 0.1) is 0 Å². The molecule has 64 valence electrons. The number of piperazine rings is 1. The number of carbonyl (C=O) groups excluding carboxylic acids is 1. The molecular weight excluding hydrogens is 148 g/mol. The van der Waals surface area contributed by atoms with Crippen molar-refractivity contribution < 1.29 is 15.0 Å². The van der Waals surface area contributed by atoms with Gasteiger partial charge in [0.1, 0.15) is 0 Å². The second-order valence-corrected chi connectivity index (χ2v) is 2.54. The monoisotopic (exact) mass is 160 g/mol. The van der Waals surface area contributed by atoms with Gasteiger partial charge in [0.25, 0.3) is 5.91 Å². The van der Waals surface area contributed by atoms with Gasteiger partial charge in [-0.3, -0.25) is 4.79 Å². The number of aliphatic hydroxyl groups is 2. The molecule has 0 unspecified atom stereocenters. The molecule has 1 aliphatic rings. The minimum absolute atomic E-state index is 0.137. The molecule has 0 amide bonds. The second-order valence-electron chi connectivity index (χ2n) is 2.54. The van der Waals surface area contributed by atoms with Gasteiger partial charge in [-0.15, -0.1) is 0 Å². The van der Waals surface area contributed by atoms with Crippen molar-refractivity contribution >= 4 is 6.29 Å². The topological polar surface area (TPSA) is 72.8 Å². The van der Waals surface area contributed by atoms with Gasteiger partial charge in [0.2, 0.25) is 0 Å². The fraction of sp³-hybridized carbons (Fsp3) is 0.833. The zero-order valence-electron chi connectivity index (χ0n) is 6.16. The zero-order valence-corrected chi connectivity index (χ0v) is 6.16. The first kappa shape index (κ1) is 8.61. The van der Waals surface area contributed by atoms with E-state index in [0.29, 0.717) is 26.2 Å². The standard InChI is InChI=1S/C6H12N2O3/c9-5-6(10,11)8-3-1-7-2-4-8/h5,7,10-11H,1-4H2. The number of nitrogens with one attached hydrogen (secondary N) is 1. The molecule has 0 spiro atoms. The number of hydrogen-bond acceptors (Lipinski definition) is 5. The molecule has 0 radical (unpaired) electrons. The molecule has 0 aromatic heterocycles. The highest BCUT2D eigenvalue weighted by Crippen LogP contribution is 2.05. The molecule has 0 aromatic carbocycles. The average molecular weight is 160 g/mol. The summed E-state index contributed by atoms with van der Waals surface area (Å²) in [4.78, 5) is 11.5. The van der Waals surface area contributed by atoms with Crippen LogP contribution in [0.25, 0.3) is 0 Å². The van der Waals surface area contributed by atoms with E-state index in [2.05, 4.69) is 5.32 Å². The maximum atomic E-state index is 10.2. The second kappa shape index (κ2) is 3.27. The molecule has 0 bridgehead atoms. The van der Waals surface area contributed by atoms with Crippen molar-refractivity contribution in [2.24, 2.45) is 0 Å². The van der Waals surface area contributed by atoms with E-state index in [-0.39, 0.29) is 6.29 Å². The van der Waals surface area contributed by atoms with Gasteiger partial charge < -0.3 is 15.5 Å². The van der Waals surface area contributed by atoms with Gasteiger partial charge in [-0.2, -0.15) is 0 Å². The number of carbonyl (C=O) groups is 1. The Balaban J connectivity index is 2.50. The first-order valence-electron chi connectivity index (χ1n) is 3.53. The fourth-order valence-corrected chi connectivity index (χ4v) is 1.07. The maximum absolute atomic E-state index is 10.2. The quantitative estimate of drug-likeness (QED) is 0.314. The Morgan fingerprint density at radius 3 is 2.36 bits per heavy atom. The van der Waals surface area contributed by atoms with E-state index in [1.807, 2.05) is 0 Å². The van der Waals surface area contributed by atoms with Crippen molar-refractivity contribution in [2.75, 3.05) is 26.2 Å². The molecule has 3 N–H and O–H groups in total. The van der Waals surface area contributed by atoms with Gasteiger partial charge in [-0.25, -0.2) is 4.90 Å². The summed E-state index contributed by atoms with van der Waals surface area (Å²) in [5.41, 5.74) is 0. The summed E-state index contributed by atoms with van der Waals surface area (Å²) in [6, 6.07) is 0. The van der Waals surface area contributed by atoms with Crippen LogP contribution in [0.5, 0.6) is 0 Å². The Morgan fingerprint density at radius 1 is 1.36 bits per heavy atom. The summed E-state index contributed by atoms with van der Waals surface area (Å²) in [6.45, 7) is 2.31. The van der Waals surface area contributed by atoms with Gasteiger partial charge in [0, 0.05) is 26.2 Å². The first-order valence-corrected chi connectivity index (χ1v) is 3.53. The summed E-state index contributed by atoms with van der Waals surface area (Å²) in [5.74, 6) is -2.28. The molecular formula is C6H12N2O3. The first-order chi connectivity index (χ1) is 5.17. The highest BCUT2D eigenvalue weighted by atomic mass is 16.5. The third kappa shape index (κ3) is 1.97. The SMILES string of the molecule is O=CC(O)(O)N1CCNCC1. The molecule has 1 fully saturated rings. The highest BCUT2D eigenvalue weighted by molar-refractivity contribution is 5.58. The molecule has 5 heteroatoms. The molecule has 1 rings (SSSR count). The Kier molecular flexibility index (Phi) is 2.56. The number of aldehydes is 1. The van der Waals surface area contributed by atoms with Gasteiger partial charge >= 0.3 is 0 Å². The lowest BCUT2D eigenvalue weighted by Crippen LogP contribution is -2.57. The molecule has 1 heterocycles. The largest absolute Gasteiger partial charge is 0.347 e. The Morgan fingerprint density at radius 2 is 1.91 bits per heavy atom. The van der Waals surface area contributed by atoms with Gasteiger partial charge in [0.15, 0.2) is 6.29 Å². The maximum Gasteiger partial charge on any atom is 0.284 e. The minimum atomic E-state index is -2.28. The van der Waals surface area contributed by atoms with E-state index >= 15 is 0 Å². The van der Waals surface area contributed by atoms with Gasteiger partial charge in [-0.1, -0.05) is 0 Å². The van der Waals surface area contributed by atoms with E-state index in [1.165, 1.54) is 4.90 Å². The zero-order chi connectivity index (χ0) is 8.32.